The maximum atomic E-state index is 12.5. The van der Waals surface area contributed by atoms with Crippen molar-refractivity contribution in [1.82, 2.24) is 20.6 Å². The fourth-order valence-corrected chi connectivity index (χ4v) is 3.76. The van der Waals surface area contributed by atoms with E-state index in [-0.39, 0.29) is 30.2 Å². The number of Topliss-reactive ketones (excluding diaryl/α,β-unsaturated/α-hetero) is 1. The maximum absolute atomic E-state index is 12.5. The third-order valence-electron chi connectivity index (χ3n) is 5.14. The molecule has 10 heteroatoms. The fraction of sp³-hybridized carbons (Fsp3) is 0.750. The molecule has 26 heavy (non-hydrogen) atoms. The highest BCUT2D eigenvalue weighted by Crippen LogP contribution is 2.30. The van der Waals surface area contributed by atoms with E-state index in [9.17, 15) is 19.2 Å². The van der Waals surface area contributed by atoms with Gasteiger partial charge in [-0.1, -0.05) is 0 Å². The number of amides is 3. The summed E-state index contributed by atoms with van der Waals surface area (Å²) in [5.74, 6) is -1.60. The normalized spacial score (nSPS) is 28.2. The lowest BCUT2D eigenvalue weighted by atomic mass is 9.95. The molecule has 3 fully saturated rings. The number of urea groups is 1. The zero-order valence-corrected chi connectivity index (χ0v) is 14.5. The van der Waals surface area contributed by atoms with Crippen LogP contribution < -0.4 is 10.6 Å². The predicted molar refractivity (Wildman–Crippen MR) is 87.9 cm³/mol. The highest BCUT2D eigenvalue weighted by molar-refractivity contribution is 5.92. The lowest BCUT2D eigenvalue weighted by molar-refractivity contribution is -0.167. The first-order valence-electron chi connectivity index (χ1n) is 8.93. The zero-order valence-electron chi connectivity index (χ0n) is 14.5. The number of carboxylic acids is 1. The van der Waals surface area contributed by atoms with Gasteiger partial charge in [0.1, 0.15) is 6.04 Å². The molecule has 144 valence electrons. The Balaban J connectivity index is 1.51. The standard InChI is InChI=1S/C16H24N4O6/c21-13(10-2-1-5-17-6-10)7-18-15(24)12-4-3-11-8-19(12)16(25)20(11)26-9-14(22)23/h10-12,17H,1-9H2,(H,18,24)(H,22,23)/t10-,11-,12+/m1/s1. The van der Waals surface area contributed by atoms with Gasteiger partial charge >= 0.3 is 12.0 Å². The molecule has 0 unspecified atom stereocenters. The van der Waals surface area contributed by atoms with Gasteiger partial charge < -0.3 is 20.6 Å². The average Bonchev–Trinajstić information content (AvgIpc) is 2.88. The second kappa shape index (κ2) is 8.00. The van der Waals surface area contributed by atoms with Gasteiger partial charge in [0.15, 0.2) is 12.4 Å². The van der Waals surface area contributed by atoms with E-state index >= 15 is 0 Å². The van der Waals surface area contributed by atoms with Crippen molar-refractivity contribution in [2.45, 2.75) is 37.8 Å². The number of carboxylic acid groups (broad SMARTS) is 1. The molecule has 0 aromatic carbocycles. The Hall–Kier alpha value is -2.20. The predicted octanol–water partition coefficient (Wildman–Crippen LogP) is -1.04. The molecule has 0 aliphatic carbocycles. The van der Waals surface area contributed by atoms with E-state index < -0.39 is 24.6 Å². The summed E-state index contributed by atoms with van der Waals surface area (Å²) in [4.78, 5) is 54.1. The SMILES string of the molecule is O=C(O)CON1C(=O)N2C[C@H]1CC[C@H]2C(=O)NCC(=O)[C@@H]1CCCNC1. The molecule has 3 atom stereocenters. The molecule has 3 aliphatic heterocycles. The van der Waals surface area contributed by atoms with Crippen molar-refractivity contribution in [2.75, 3.05) is 32.8 Å². The molecule has 3 rings (SSSR count). The van der Waals surface area contributed by atoms with Gasteiger partial charge in [-0.2, -0.15) is 5.06 Å². The van der Waals surface area contributed by atoms with Crippen molar-refractivity contribution < 1.29 is 29.1 Å². The number of nitrogens with one attached hydrogen (secondary N) is 2. The smallest absolute Gasteiger partial charge is 0.345 e. The largest absolute Gasteiger partial charge is 0.479 e. The van der Waals surface area contributed by atoms with Gasteiger partial charge in [-0.25, -0.2) is 9.59 Å². The molecule has 10 nitrogen and oxygen atoms in total. The zero-order chi connectivity index (χ0) is 18.7. The Morgan fingerprint density at radius 2 is 2.08 bits per heavy atom. The van der Waals surface area contributed by atoms with Gasteiger partial charge in [0.25, 0.3) is 0 Å². The molecule has 0 saturated carbocycles. The first-order chi connectivity index (χ1) is 12.5. The molecule has 3 amide bonds. The Kier molecular flexibility index (Phi) is 5.72. The molecule has 3 heterocycles. The quantitative estimate of drug-likeness (QED) is 0.523. The summed E-state index contributed by atoms with van der Waals surface area (Å²) in [5.41, 5.74) is 0. The van der Waals surface area contributed by atoms with Crippen molar-refractivity contribution in [3.8, 4) is 0 Å². The lowest BCUT2D eigenvalue weighted by Crippen LogP contribution is -2.51. The number of nitrogens with zero attached hydrogens (tertiary/aromatic N) is 2. The second-order valence-corrected chi connectivity index (χ2v) is 6.90. The van der Waals surface area contributed by atoms with Crippen LogP contribution in [0.4, 0.5) is 4.79 Å². The van der Waals surface area contributed by atoms with Crippen LogP contribution in [0.25, 0.3) is 0 Å². The number of piperidine rings is 2. The summed E-state index contributed by atoms with van der Waals surface area (Å²) in [5, 5.41) is 15.6. The number of fused-ring (bicyclic) bond motifs is 2. The Bertz CT molecular complexity index is 591. The minimum Gasteiger partial charge on any atom is -0.479 e. The number of hydrogen-bond donors (Lipinski definition) is 3. The van der Waals surface area contributed by atoms with Crippen LogP contribution in [0.5, 0.6) is 0 Å². The second-order valence-electron chi connectivity index (χ2n) is 6.90. The van der Waals surface area contributed by atoms with Crippen LogP contribution in [-0.2, 0) is 19.2 Å². The van der Waals surface area contributed by atoms with Gasteiger partial charge in [-0.3, -0.25) is 14.4 Å². The number of carbonyl (C=O) groups excluding carboxylic acids is 3. The first-order valence-corrected chi connectivity index (χ1v) is 8.93. The highest BCUT2D eigenvalue weighted by atomic mass is 16.7. The van der Waals surface area contributed by atoms with Crippen LogP contribution in [0.2, 0.25) is 0 Å². The number of hydroxylamine groups is 2. The van der Waals surface area contributed by atoms with Crippen molar-refractivity contribution in [1.29, 1.82) is 0 Å². The van der Waals surface area contributed by atoms with Gasteiger partial charge in [-0.15, -0.1) is 0 Å². The summed E-state index contributed by atoms with van der Waals surface area (Å²) in [6.07, 6.45) is 2.77. The molecule has 3 N–H and O–H groups in total. The van der Waals surface area contributed by atoms with Crippen molar-refractivity contribution in [3.05, 3.63) is 0 Å². The third-order valence-corrected chi connectivity index (χ3v) is 5.14. The fourth-order valence-electron chi connectivity index (χ4n) is 3.76. The molecule has 2 bridgehead atoms. The van der Waals surface area contributed by atoms with E-state index in [1.807, 2.05) is 0 Å². The molecule has 0 aromatic rings. The molecular weight excluding hydrogens is 344 g/mol. The minimum atomic E-state index is -1.17. The van der Waals surface area contributed by atoms with Gasteiger partial charge in [0, 0.05) is 19.0 Å². The number of ketones is 1. The molecular formula is C16H24N4O6. The minimum absolute atomic E-state index is 0.00148. The third kappa shape index (κ3) is 3.96. The van der Waals surface area contributed by atoms with Gasteiger partial charge in [0.05, 0.1) is 12.6 Å². The van der Waals surface area contributed by atoms with Crippen LogP contribution >= 0.6 is 0 Å². The maximum Gasteiger partial charge on any atom is 0.345 e. The van der Waals surface area contributed by atoms with Gasteiger partial charge in [0.2, 0.25) is 5.91 Å². The molecule has 3 aliphatic rings. The summed E-state index contributed by atoms with van der Waals surface area (Å²) < 4.78 is 0. The number of aliphatic carboxylic acids is 1. The topological polar surface area (TPSA) is 128 Å². The van der Waals surface area contributed by atoms with Crippen LogP contribution in [-0.4, -0.2) is 83.6 Å². The molecule has 3 saturated heterocycles. The van der Waals surface area contributed by atoms with Crippen molar-refractivity contribution in [2.24, 2.45) is 5.92 Å². The van der Waals surface area contributed by atoms with E-state index in [1.165, 1.54) is 4.90 Å². The van der Waals surface area contributed by atoms with E-state index in [1.54, 1.807) is 0 Å². The number of hydrogen-bond acceptors (Lipinski definition) is 6. The molecule has 0 spiro atoms. The Labute approximate surface area is 150 Å². The van der Waals surface area contributed by atoms with Crippen LogP contribution in [0.15, 0.2) is 0 Å². The van der Waals surface area contributed by atoms with Crippen LogP contribution in [0, 0.1) is 5.92 Å². The van der Waals surface area contributed by atoms with Crippen LogP contribution in [0.3, 0.4) is 0 Å². The monoisotopic (exact) mass is 368 g/mol. The van der Waals surface area contributed by atoms with Crippen LogP contribution in [0.1, 0.15) is 25.7 Å². The van der Waals surface area contributed by atoms with E-state index in [0.717, 1.165) is 24.4 Å². The summed E-state index contributed by atoms with van der Waals surface area (Å²) in [7, 11) is 0. The van der Waals surface area contributed by atoms with Crippen molar-refractivity contribution in [3.63, 3.8) is 0 Å². The van der Waals surface area contributed by atoms with E-state index in [0.29, 0.717) is 25.9 Å². The van der Waals surface area contributed by atoms with Gasteiger partial charge in [-0.05, 0) is 32.2 Å². The highest BCUT2D eigenvalue weighted by Gasteiger charge is 2.48. The Morgan fingerprint density at radius 1 is 1.27 bits per heavy atom. The number of carbonyl (C=O) groups is 4. The Morgan fingerprint density at radius 3 is 2.77 bits per heavy atom. The average molecular weight is 368 g/mol. The van der Waals surface area contributed by atoms with E-state index in [4.69, 9.17) is 9.94 Å². The first kappa shape index (κ1) is 18.6. The van der Waals surface area contributed by atoms with E-state index in [2.05, 4.69) is 10.6 Å². The summed E-state index contributed by atoms with van der Waals surface area (Å²) in [6.45, 7) is 1.23. The molecule has 0 aromatic heterocycles. The number of rotatable bonds is 7. The summed E-state index contributed by atoms with van der Waals surface area (Å²) >= 11 is 0. The lowest BCUT2D eigenvalue weighted by Gasteiger charge is -2.29. The van der Waals surface area contributed by atoms with Crippen molar-refractivity contribution >= 4 is 23.7 Å². The molecule has 0 radical (unpaired) electrons. The summed E-state index contributed by atoms with van der Waals surface area (Å²) in [6, 6.07) is -1.41.